The van der Waals surface area contributed by atoms with Crippen LogP contribution in [-0.4, -0.2) is 36.5 Å². The molecule has 5 heteroatoms. The summed E-state index contributed by atoms with van der Waals surface area (Å²) in [6.45, 7) is 5.91. The highest BCUT2D eigenvalue weighted by Crippen LogP contribution is 2.29. The van der Waals surface area contributed by atoms with Crippen molar-refractivity contribution in [3.05, 3.63) is 12.2 Å². The van der Waals surface area contributed by atoms with Crippen molar-refractivity contribution in [2.45, 2.75) is 96.2 Å². The van der Waals surface area contributed by atoms with E-state index < -0.39 is 6.10 Å². The average Bonchev–Trinajstić information content (AvgIpc) is 2.56. The quantitative estimate of drug-likeness (QED) is 0.515. The molecule has 1 fully saturated rings. The van der Waals surface area contributed by atoms with Crippen LogP contribution < -0.4 is 0 Å². The maximum absolute atomic E-state index is 12.1. The molecule has 0 spiro atoms. The predicted octanol–water partition coefficient (Wildman–Crippen LogP) is 3.92. The zero-order valence-corrected chi connectivity index (χ0v) is 15.6. The summed E-state index contributed by atoms with van der Waals surface area (Å²) >= 11 is 0. The van der Waals surface area contributed by atoms with Crippen molar-refractivity contribution < 1.29 is 19.0 Å². The molecule has 140 valence electrons. The minimum absolute atomic E-state index is 0.0659. The topological polar surface area (TPSA) is 68.6 Å². The van der Waals surface area contributed by atoms with Crippen LogP contribution in [0.4, 0.5) is 0 Å². The summed E-state index contributed by atoms with van der Waals surface area (Å²) in [7, 11) is 0. The number of ether oxygens (including phenoxy) is 3. The predicted molar refractivity (Wildman–Crippen MR) is 94.8 cm³/mol. The van der Waals surface area contributed by atoms with Crippen LogP contribution in [0.5, 0.6) is 0 Å². The molecule has 0 aromatic heterocycles. The third-order valence-electron chi connectivity index (χ3n) is 4.90. The first-order valence-electron chi connectivity index (χ1n) is 9.54. The maximum atomic E-state index is 12.1. The first-order valence-corrected chi connectivity index (χ1v) is 9.54. The van der Waals surface area contributed by atoms with Crippen molar-refractivity contribution in [2.24, 2.45) is 5.92 Å². The van der Waals surface area contributed by atoms with Crippen LogP contribution in [0.1, 0.15) is 65.7 Å². The van der Waals surface area contributed by atoms with Gasteiger partial charge in [-0.1, -0.05) is 19.1 Å². The standard InChI is InChI=1S/C20H31NO4/c1-14(2)23-20(22)19-11-10-15(3)18(25-19)9-5-8-16-6-4-7-17(24-16)12-13-21/h4,7,14-19H,5-6,8-12H2,1-3H3/t15-,16-,17+,18+,19-/m0/s1. The Morgan fingerprint density at radius 3 is 2.84 bits per heavy atom. The monoisotopic (exact) mass is 349 g/mol. The Labute approximate surface area is 151 Å². The minimum Gasteiger partial charge on any atom is -0.461 e. The lowest BCUT2D eigenvalue weighted by Gasteiger charge is -2.34. The molecule has 5 nitrogen and oxygen atoms in total. The SMILES string of the molecule is CC(C)OC(=O)[C@@H]1CC[C@H](C)[C@@H](CCC[C@@H]2CC=C[C@H](CC#N)O2)O1. The molecule has 0 saturated carbocycles. The van der Waals surface area contributed by atoms with Crippen LogP contribution >= 0.6 is 0 Å². The number of esters is 1. The molecule has 25 heavy (non-hydrogen) atoms. The summed E-state index contributed by atoms with van der Waals surface area (Å²) < 4.78 is 17.2. The van der Waals surface area contributed by atoms with E-state index in [4.69, 9.17) is 19.5 Å². The second-order valence-corrected chi connectivity index (χ2v) is 7.46. The molecule has 2 rings (SSSR count). The van der Waals surface area contributed by atoms with E-state index in [9.17, 15) is 4.79 Å². The third-order valence-corrected chi connectivity index (χ3v) is 4.90. The number of nitrogens with zero attached hydrogens (tertiary/aromatic N) is 1. The Kier molecular flexibility index (Phi) is 7.92. The van der Waals surface area contributed by atoms with Gasteiger partial charge in [0.15, 0.2) is 6.10 Å². The Morgan fingerprint density at radius 2 is 2.12 bits per heavy atom. The van der Waals surface area contributed by atoms with Gasteiger partial charge in [0.1, 0.15) is 0 Å². The molecule has 2 aliphatic rings. The molecule has 0 amide bonds. The van der Waals surface area contributed by atoms with E-state index in [1.54, 1.807) is 0 Å². The lowest BCUT2D eigenvalue weighted by molar-refractivity contribution is -0.173. The number of hydrogen-bond acceptors (Lipinski definition) is 5. The fraction of sp³-hybridized carbons (Fsp3) is 0.800. The largest absolute Gasteiger partial charge is 0.461 e. The summed E-state index contributed by atoms with van der Waals surface area (Å²) in [6, 6.07) is 2.16. The molecular weight excluding hydrogens is 318 g/mol. The van der Waals surface area contributed by atoms with E-state index in [2.05, 4.69) is 19.1 Å². The molecule has 2 heterocycles. The molecule has 1 saturated heterocycles. The molecule has 0 bridgehead atoms. The van der Waals surface area contributed by atoms with Crippen molar-refractivity contribution in [1.29, 1.82) is 5.26 Å². The third kappa shape index (κ3) is 6.45. The first kappa shape index (κ1) is 19.9. The van der Waals surface area contributed by atoms with Gasteiger partial charge in [0.05, 0.1) is 36.9 Å². The van der Waals surface area contributed by atoms with Crippen LogP contribution in [0.2, 0.25) is 0 Å². The highest BCUT2D eigenvalue weighted by Gasteiger charge is 2.33. The zero-order valence-electron chi connectivity index (χ0n) is 15.6. The molecule has 0 aliphatic carbocycles. The molecule has 5 atom stereocenters. The average molecular weight is 349 g/mol. The van der Waals surface area contributed by atoms with E-state index in [0.29, 0.717) is 12.3 Å². The molecule has 0 radical (unpaired) electrons. The number of carbonyl (C=O) groups is 1. The van der Waals surface area contributed by atoms with Crippen LogP contribution in [-0.2, 0) is 19.0 Å². The Balaban J connectivity index is 1.74. The van der Waals surface area contributed by atoms with E-state index in [0.717, 1.165) is 38.5 Å². The maximum Gasteiger partial charge on any atom is 0.335 e. The van der Waals surface area contributed by atoms with Crippen molar-refractivity contribution >= 4 is 5.97 Å². The number of nitriles is 1. The van der Waals surface area contributed by atoms with Crippen LogP contribution in [0.25, 0.3) is 0 Å². The van der Waals surface area contributed by atoms with Crippen molar-refractivity contribution in [3.63, 3.8) is 0 Å². The van der Waals surface area contributed by atoms with Crippen LogP contribution in [0.15, 0.2) is 12.2 Å². The normalized spacial score (nSPS) is 32.4. The van der Waals surface area contributed by atoms with Gasteiger partial charge >= 0.3 is 5.97 Å². The van der Waals surface area contributed by atoms with E-state index in [1.807, 2.05) is 19.9 Å². The highest BCUT2D eigenvalue weighted by atomic mass is 16.6. The highest BCUT2D eigenvalue weighted by molar-refractivity contribution is 5.74. The summed E-state index contributed by atoms with van der Waals surface area (Å²) in [4.78, 5) is 12.1. The fourth-order valence-corrected chi connectivity index (χ4v) is 3.52. The van der Waals surface area contributed by atoms with Gasteiger partial charge < -0.3 is 14.2 Å². The molecule has 0 aromatic rings. The van der Waals surface area contributed by atoms with Gasteiger partial charge in [-0.15, -0.1) is 0 Å². The van der Waals surface area contributed by atoms with Crippen molar-refractivity contribution in [2.75, 3.05) is 0 Å². The summed E-state index contributed by atoms with van der Waals surface area (Å²) in [5, 5.41) is 8.79. The van der Waals surface area contributed by atoms with Gasteiger partial charge in [-0.2, -0.15) is 5.26 Å². The fourth-order valence-electron chi connectivity index (χ4n) is 3.52. The molecular formula is C20H31NO4. The van der Waals surface area contributed by atoms with Crippen LogP contribution in [0, 0.1) is 17.2 Å². The zero-order chi connectivity index (χ0) is 18.2. The Bertz CT molecular complexity index is 496. The molecule has 0 unspecified atom stereocenters. The number of hydrogen-bond donors (Lipinski definition) is 0. The summed E-state index contributed by atoms with van der Waals surface area (Å²) in [6.07, 6.45) is 9.75. The Hall–Kier alpha value is -1.38. The lowest BCUT2D eigenvalue weighted by Crippen LogP contribution is -2.40. The molecule has 0 aromatic carbocycles. The van der Waals surface area contributed by atoms with Gasteiger partial charge in [0, 0.05) is 0 Å². The minimum atomic E-state index is -0.419. The van der Waals surface area contributed by atoms with Crippen LogP contribution in [0.3, 0.4) is 0 Å². The molecule has 2 aliphatic heterocycles. The number of rotatable bonds is 7. The first-order chi connectivity index (χ1) is 12.0. The molecule has 0 N–H and O–H groups in total. The van der Waals surface area contributed by atoms with Gasteiger partial charge in [-0.3, -0.25) is 0 Å². The second-order valence-electron chi connectivity index (χ2n) is 7.46. The number of carbonyl (C=O) groups excluding carboxylic acids is 1. The van der Waals surface area contributed by atoms with E-state index in [1.165, 1.54) is 0 Å². The summed E-state index contributed by atoms with van der Waals surface area (Å²) in [5.41, 5.74) is 0. The van der Waals surface area contributed by atoms with E-state index in [-0.39, 0.29) is 30.4 Å². The van der Waals surface area contributed by atoms with Gasteiger partial charge in [-0.25, -0.2) is 4.79 Å². The van der Waals surface area contributed by atoms with Crippen molar-refractivity contribution in [3.8, 4) is 6.07 Å². The van der Waals surface area contributed by atoms with Crippen molar-refractivity contribution in [1.82, 2.24) is 0 Å². The Morgan fingerprint density at radius 1 is 1.32 bits per heavy atom. The second kappa shape index (κ2) is 9.94. The smallest absolute Gasteiger partial charge is 0.335 e. The van der Waals surface area contributed by atoms with E-state index >= 15 is 0 Å². The van der Waals surface area contributed by atoms with Gasteiger partial charge in [-0.05, 0) is 58.3 Å². The van der Waals surface area contributed by atoms with Gasteiger partial charge in [0.25, 0.3) is 0 Å². The lowest BCUT2D eigenvalue weighted by atomic mass is 9.89. The summed E-state index contributed by atoms with van der Waals surface area (Å²) in [5.74, 6) is 0.230. The van der Waals surface area contributed by atoms with Gasteiger partial charge in [0.2, 0.25) is 0 Å².